The highest BCUT2D eigenvalue weighted by Crippen LogP contribution is 2.15. The summed E-state index contributed by atoms with van der Waals surface area (Å²) in [5, 5.41) is 8.28. The number of carbonyl (C=O) groups is 4. The first-order valence-electron chi connectivity index (χ1n) is 18.8. The molecule has 0 bridgehead atoms. The summed E-state index contributed by atoms with van der Waals surface area (Å²) in [7, 11) is 0. The molecule has 3 heterocycles. The van der Waals surface area contributed by atoms with Gasteiger partial charge in [0.25, 0.3) is 5.91 Å². The molecule has 4 rings (SSSR count). The van der Waals surface area contributed by atoms with Crippen LogP contribution in [-0.2, 0) is 38.4 Å². The van der Waals surface area contributed by atoms with Gasteiger partial charge in [0.2, 0.25) is 11.8 Å². The Labute approximate surface area is 315 Å². The lowest BCUT2D eigenvalue weighted by Crippen LogP contribution is -2.57. The summed E-state index contributed by atoms with van der Waals surface area (Å²) in [5.74, 6) is -1.81. The second-order valence-corrected chi connectivity index (χ2v) is 13.1. The summed E-state index contributed by atoms with van der Waals surface area (Å²) in [4.78, 5) is 74.9. The molecule has 0 aliphatic carbocycles. The normalized spacial score (nSPS) is 12.7. The van der Waals surface area contributed by atoms with Crippen molar-refractivity contribution < 1.29 is 28.7 Å². The number of carbonyl (C=O) groups excluding carboxylic acids is 4. The molecule has 0 aliphatic rings. The molecule has 0 radical (unpaired) electrons. The second kappa shape index (κ2) is 23.2. The number of hydrogen-bond acceptors (Lipinski definition) is 10. The highest BCUT2D eigenvalue weighted by atomic mass is 16.5. The maximum atomic E-state index is 13.9. The van der Waals surface area contributed by atoms with Crippen LogP contribution in [-0.4, -0.2) is 91.5 Å². The van der Waals surface area contributed by atoms with Crippen molar-refractivity contribution in [3.05, 3.63) is 84.5 Å². The monoisotopic (exact) mass is 746 g/mol. The minimum Gasteiger partial charge on any atom is -0.494 e. The van der Waals surface area contributed by atoms with Gasteiger partial charge in [-0.15, -0.1) is 0 Å². The molecule has 54 heavy (non-hydrogen) atoms. The Morgan fingerprint density at radius 2 is 1.13 bits per heavy atom. The lowest BCUT2D eigenvalue weighted by Gasteiger charge is -2.25. The molecule has 0 fully saturated rings. The van der Waals surface area contributed by atoms with Gasteiger partial charge in [0, 0.05) is 67.0 Å². The standard InChI is InChI=1S/C38H54N10O6/c1-2-3-4-5-6-7-8-9-10-16-53-31-13-11-27(12-14-31)35(49)46-32(18-28-21-40-24-43-28)36(50)47-33(19-29-22-41-25-44-29)37(51)48-34(38(52)54-17-15-39)20-30-23-42-26-45-30/h11-14,21-26,32-34H,2-10,15-20,39H2,1H3,(H,40,43)(H,41,44)(H,42,45)(H,46,49)(H,47,50)(H,48,51)/t32-,33-,34-/m0/s1. The number of H-pyrrole nitrogens is 3. The maximum absolute atomic E-state index is 13.9. The van der Waals surface area contributed by atoms with Gasteiger partial charge >= 0.3 is 5.97 Å². The molecule has 0 spiro atoms. The van der Waals surface area contributed by atoms with Crippen molar-refractivity contribution in [2.24, 2.45) is 5.73 Å². The number of unbranched alkanes of at least 4 members (excludes halogenated alkanes) is 8. The van der Waals surface area contributed by atoms with Gasteiger partial charge in [-0.1, -0.05) is 58.3 Å². The number of imidazole rings is 3. The van der Waals surface area contributed by atoms with Crippen LogP contribution in [0.15, 0.2) is 61.8 Å². The second-order valence-electron chi connectivity index (χ2n) is 13.1. The number of aromatic amines is 3. The molecular weight excluding hydrogens is 692 g/mol. The van der Waals surface area contributed by atoms with E-state index < -0.39 is 41.8 Å². The molecule has 0 saturated carbocycles. The molecule has 16 nitrogen and oxygen atoms in total. The Morgan fingerprint density at radius 3 is 1.63 bits per heavy atom. The third-order valence-corrected chi connectivity index (χ3v) is 8.79. The zero-order chi connectivity index (χ0) is 38.4. The van der Waals surface area contributed by atoms with E-state index in [9.17, 15) is 19.2 Å². The Hall–Kier alpha value is -5.51. The van der Waals surface area contributed by atoms with Crippen molar-refractivity contribution in [1.29, 1.82) is 0 Å². The first-order valence-corrected chi connectivity index (χ1v) is 18.8. The molecule has 3 atom stereocenters. The fourth-order valence-corrected chi connectivity index (χ4v) is 5.81. The van der Waals surface area contributed by atoms with Gasteiger partial charge in [-0.05, 0) is 30.7 Å². The van der Waals surface area contributed by atoms with Crippen LogP contribution in [0.3, 0.4) is 0 Å². The van der Waals surface area contributed by atoms with Crippen LogP contribution < -0.4 is 26.4 Å². The summed E-state index contributed by atoms with van der Waals surface area (Å²) in [6.07, 6.45) is 20.1. The van der Waals surface area contributed by atoms with Crippen LogP contribution in [0.25, 0.3) is 0 Å². The molecule has 8 N–H and O–H groups in total. The van der Waals surface area contributed by atoms with E-state index in [2.05, 4.69) is 52.8 Å². The Morgan fingerprint density at radius 1 is 0.648 bits per heavy atom. The van der Waals surface area contributed by atoms with Crippen molar-refractivity contribution in [2.45, 2.75) is 102 Å². The predicted molar refractivity (Wildman–Crippen MR) is 201 cm³/mol. The number of nitrogens with zero attached hydrogens (tertiary/aromatic N) is 3. The largest absolute Gasteiger partial charge is 0.494 e. The molecule has 1 aromatic carbocycles. The number of rotatable bonds is 26. The van der Waals surface area contributed by atoms with Crippen LogP contribution in [0.4, 0.5) is 0 Å². The number of nitrogens with two attached hydrogens (primary N) is 1. The quantitative estimate of drug-likeness (QED) is 0.0366. The fourth-order valence-electron chi connectivity index (χ4n) is 5.81. The van der Waals surface area contributed by atoms with E-state index in [-0.39, 0.29) is 32.4 Å². The number of ether oxygens (including phenoxy) is 2. The lowest BCUT2D eigenvalue weighted by molar-refractivity contribution is -0.147. The first kappa shape index (κ1) is 41.2. The molecular formula is C38H54N10O6. The molecule has 4 aromatic rings. The van der Waals surface area contributed by atoms with Crippen molar-refractivity contribution >= 4 is 23.7 Å². The maximum Gasteiger partial charge on any atom is 0.329 e. The lowest BCUT2D eigenvalue weighted by atomic mass is 10.1. The van der Waals surface area contributed by atoms with Crippen LogP contribution >= 0.6 is 0 Å². The van der Waals surface area contributed by atoms with Crippen molar-refractivity contribution in [1.82, 2.24) is 45.9 Å². The first-order chi connectivity index (χ1) is 26.4. The number of amides is 3. The van der Waals surface area contributed by atoms with Crippen molar-refractivity contribution in [2.75, 3.05) is 19.8 Å². The smallest absolute Gasteiger partial charge is 0.329 e. The summed E-state index contributed by atoms with van der Waals surface area (Å²) in [6, 6.07) is 3.36. The highest BCUT2D eigenvalue weighted by Gasteiger charge is 2.31. The molecule has 0 aliphatic heterocycles. The Bertz CT molecular complexity index is 1650. The van der Waals surface area contributed by atoms with Crippen LogP contribution in [0.2, 0.25) is 0 Å². The number of aromatic nitrogens is 6. The fraction of sp³-hybridized carbons (Fsp3) is 0.500. The molecule has 0 unspecified atom stereocenters. The van der Waals surface area contributed by atoms with Gasteiger partial charge in [0.1, 0.15) is 30.5 Å². The Balaban J connectivity index is 1.38. The Kier molecular flexibility index (Phi) is 17.7. The minimum atomic E-state index is -1.17. The molecule has 3 aromatic heterocycles. The molecule has 16 heteroatoms. The number of benzene rings is 1. The van der Waals surface area contributed by atoms with Gasteiger partial charge in [-0.3, -0.25) is 14.4 Å². The zero-order valence-corrected chi connectivity index (χ0v) is 31.0. The van der Waals surface area contributed by atoms with E-state index in [0.717, 1.165) is 12.8 Å². The highest BCUT2D eigenvalue weighted by molar-refractivity contribution is 5.98. The number of hydrogen-bond donors (Lipinski definition) is 7. The third-order valence-electron chi connectivity index (χ3n) is 8.79. The van der Waals surface area contributed by atoms with E-state index in [0.29, 0.717) is 35.0 Å². The van der Waals surface area contributed by atoms with Gasteiger partial charge in [0.05, 0.1) is 25.6 Å². The van der Waals surface area contributed by atoms with Gasteiger partial charge < -0.3 is 46.1 Å². The van der Waals surface area contributed by atoms with Crippen LogP contribution in [0, 0.1) is 0 Å². The zero-order valence-electron chi connectivity index (χ0n) is 31.0. The summed E-state index contributed by atoms with van der Waals surface area (Å²) in [5.41, 5.74) is 7.58. The predicted octanol–water partition coefficient (Wildman–Crippen LogP) is 3.06. The van der Waals surface area contributed by atoms with E-state index in [1.807, 2.05) is 0 Å². The van der Waals surface area contributed by atoms with Gasteiger partial charge in [0.15, 0.2) is 0 Å². The number of esters is 1. The minimum absolute atomic E-state index is 0.0113. The molecule has 3 amide bonds. The third kappa shape index (κ3) is 14.5. The van der Waals surface area contributed by atoms with E-state index in [1.54, 1.807) is 30.5 Å². The molecule has 0 saturated heterocycles. The van der Waals surface area contributed by atoms with Gasteiger partial charge in [-0.25, -0.2) is 19.7 Å². The average Bonchev–Trinajstić information content (AvgIpc) is 4.00. The summed E-state index contributed by atoms with van der Waals surface area (Å²) in [6.45, 7) is 2.90. The van der Waals surface area contributed by atoms with Crippen LogP contribution in [0.1, 0.15) is 92.2 Å². The SMILES string of the molecule is CCCCCCCCCCCOc1ccc(C(=O)N[C@@H](Cc2cnc[nH]2)C(=O)N[C@@H](Cc2cnc[nH]2)C(=O)N[C@@H](Cc2cnc[nH]2)C(=O)OCCN)cc1. The van der Waals surface area contributed by atoms with Gasteiger partial charge in [-0.2, -0.15) is 0 Å². The van der Waals surface area contributed by atoms with E-state index >= 15 is 0 Å². The number of nitrogens with one attached hydrogen (secondary N) is 6. The average molecular weight is 747 g/mol. The van der Waals surface area contributed by atoms with Crippen LogP contribution in [0.5, 0.6) is 5.75 Å². The van der Waals surface area contributed by atoms with Crippen molar-refractivity contribution in [3.63, 3.8) is 0 Å². The van der Waals surface area contributed by atoms with E-state index in [4.69, 9.17) is 15.2 Å². The van der Waals surface area contributed by atoms with E-state index in [1.165, 1.54) is 76.3 Å². The summed E-state index contributed by atoms with van der Waals surface area (Å²) < 4.78 is 11.1. The van der Waals surface area contributed by atoms with Crippen molar-refractivity contribution in [3.8, 4) is 5.75 Å². The molecule has 292 valence electrons. The topological polar surface area (TPSA) is 235 Å². The summed E-state index contributed by atoms with van der Waals surface area (Å²) >= 11 is 0.